The molecule has 0 aliphatic heterocycles. The van der Waals surface area contributed by atoms with Crippen molar-refractivity contribution in [2.75, 3.05) is 0 Å². The summed E-state index contributed by atoms with van der Waals surface area (Å²) in [5.74, 6) is 0. The zero-order chi connectivity index (χ0) is 15.9. The second-order valence-electron chi connectivity index (χ2n) is 6.89. The van der Waals surface area contributed by atoms with Crippen molar-refractivity contribution < 1.29 is 42.2 Å². The van der Waals surface area contributed by atoms with Gasteiger partial charge in [-0.25, -0.2) is 0 Å². The summed E-state index contributed by atoms with van der Waals surface area (Å²) in [4.78, 5) is 0. The van der Waals surface area contributed by atoms with E-state index in [0.717, 1.165) is 0 Å². The normalized spacial score (nSPS) is 15.3. The second kappa shape index (κ2) is 12.5. The number of unbranched alkanes of at least 4 members (excludes halogenated alkanes) is 2. The fourth-order valence-electron chi connectivity index (χ4n) is 3.47. The van der Waals surface area contributed by atoms with E-state index in [1.807, 2.05) is 0 Å². The Kier molecular flexibility index (Phi) is 12.5. The number of hydrogen-bond donors (Lipinski definition) is 0. The van der Waals surface area contributed by atoms with E-state index in [1.54, 1.807) is 22.7 Å². The molecule has 0 unspecified atom stereocenters. The van der Waals surface area contributed by atoms with Gasteiger partial charge in [-0.1, -0.05) is 0 Å². The third kappa shape index (κ3) is 6.79. The molecule has 0 radical (unpaired) electrons. The molecule has 2 aliphatic carbocycles. The van der Waals surface area contributed by atoms with Gasteiger partial charge in [0.1, 0.15) is 0 Å². The van der Waals surface area contributed by atoms with E-state index >= 15 is 0 Å². The zero-order valence-corrected chi connectivity index (χ0v) is 18.8. The van der Waals surface area contributed by atoms with Crippen molar-refractivity contribution in [3.05, 3.63) is 43.2 Å². The Morgan fingerprint density at radius 1 is 0.833 bits per heavy atom. The van der Waals surface area contributed by atoms with Gasteiger partial charge in [-0.05, 0) is 0 Å². The summed E-state index contributed by atoms with van der Waals surface area (Å²) in [5.41, 5.74) is 3.22. The van der Waals surface area contributed by atoms with Gasteiger partial charge in [-0.2, -0.15) is 0 Å². The standard InChI is InChI=1S/2C9H13.C3H6.2ClH.Ti/c2*1-2-3-6-9-7-4-5-8-9;1-3-2;;;/h2*7-8H,2-4,6H2,1H3;1-2H3;2*1H;/q;;;;;+2/p-2. The Hall–Kier alpha value is 0.124. The summed E-state index contributed by atoms with van der Waals surface area (Å²) in [7, 11) is 0. The smallest absolute Gasteiger partial charge is 1.00 e. The van der Waals surface area contributed by atoms with Crippen LogP contribution in [0.4, 0.5) is 0 Å². The first-order chi connectivity index (χ1) is 10.7. The van der Waals surface area contributed by atoms with Crippen LogP contribution in [0.15, 0.2) is 43.2 Å². The molecule has 0 atom stereocenters. The van der Waals surface area contributed by atoms with Gasteiger partial charge in [0.25, 0.3) is 0 Å². The molecular formula is C21H32Cl2Ti. The summed E-state index contributed by atoms with van der Waals surface area (Å²) < 4.78 is 5.30. The molecule has 0 aromatic carbocycles. The molecule has 2 rings (SSSR count). The zero-order valence-electron chi connectivity index (χ0n) is 15.7. The van der Waals surface area contributed by atoms with Gasteiger partial charge >= 0.3 is 143 Å². The summed E-state index contributed by atoms with van der Waals surface area (Å²) in [6.07, 6.45) is 20.5. The molecule has 0 saturated carbocycles. The second-order valence-corrected chi connectivity index (χ2v) is 11.6. The van der Waals surface area contributed by atoms with Crippen molar-refractivity contribution in [3.8, 4) is 0 Å². The first-order valence-corrected chi connectivity index (χ1v) is 11.5. The van der Waals surface area contributed by atoms with Gasteiger partial charge < -0.3 is 24.8 Å². The van der Waals surface area contributed by atoms with E-state index in [9.17, 15) is 0 Å². The van der Waals surface area contributed by atoms with Gasteiger partial charge in [0.15, 0.2) is 0 Å². The molecule has 0 bridgehead atoms. The van der Waals surface area contributed by atoms with Crippen LogP contribution in [0.3, 0.4) is 0 Å². The number of halogens is 2. The van der Waals surface area contributed by atoms with Gasteiger partial charge in [-0.15, -0.1) is 0 Å². The van der Waals surface area contributed by atoms with Crippen LogP contribution in [0.1, 0.15) is 79.1 Å². The quantitative estimate of drug-likeness (QED) is 0.522. The first kappa shape index (κ1) is 24.1. The van der Waals surface area contributed by atoms with E-state index in [-0.39, 0.29) is 24.8 Å². The maximum Gasteiger partial charge on any atom is -1.00 e. The van der Waals surface area contributed by atoms with Crippen LogP contribution in [0.2, 0.25) is 0 Å². The van der Waals surface area contributed by atoms with E-state index in [2.05, 4.69) is 52.0 Å². The van der Waals surface area contributed by atoms with Crippen molar-refractivity contribution in [1.29, 1.82) is 0 Å². The number of rotatable bonds is 8. The van der Waals surface area contributed by atoms with Crippen LogP contribution in [-0.4, -0.2) is 3.81 Å². The average Bonchev–Trinajstić information content (AvgIpc) is 3.13. The molecule has 0 nitrogen and oxygen atoms in total. The van der Waals surface area contributed by atoms with Gasteiger partial charge in [0, 0.05) is 0 Å². The maximum absolute atomic E-state index is 2.57. The molecule has 0 spiro atoms. The third-order valence-corrected chi connectivity index (χ3v) is 9.32. The molecule has 0 aromatic rings. The molecule has 2 aliphatic rings. The summed E-state index contributed by atoms with van der Waals surface area (Å²) in [5, 5.41) is 0. The molecule has 134 valence electrons. The van der Waals surface area contributed by atoms with Crippen LogP contribution >= 0.6 is 0 Å². The van der Waals surface area contributed by atoms with Crippen molar-refractivity contribution in [3.63, 3.8) is 0 Å². The maximum atomic E-state index is 2.57. The summed E-state index contributed by atoms with van der Waals surface area (Å²) in [6, 6.07) is 0. The topological polar surface area (TPSA) is 0 Å². The Morgan fingerprint density at radius 2 is 1.25 bits per heavy atom. The summed E-state index contributed by atoms with van der Waals surface area (Å²) in [6.45, 7) is 9.34. The Morgan fingerprint density at radius 3 is 1.58 bits per heavy atom. The van der Waals surface area contributed by atoms with E-state index in [4.69, 9.17) is 0 Å². The molecular weight excluding hydrogens is 371 g/mol. The predicted octanol–water partition coefficient (Wildman–Crippen LogP) is 0.633. The van der Waals surface area contributed by atoms with Gasteiger partial charge in [-0.3, -0.25) is 0 Å². The molecule has 0 N–H and O–H groups in total. The van der Waals surface area contributed by atoms with Crippen molar-refractivity contribution in [2.24, 2.45) is 0 Å². The average molecular weight is 403 g/mol. The monoisotopic (exact) mass is 402 g/mol. The fraction of sp³-hybridized carbons (Fsp3) is 0.571. The van der Waals surface area contributed by atoms with E-state index in [0.29, 0.717) is 0 Å². The van der Waals surface area contributed by atoms with Gasteiger partial charge in [0.2, 0.25) is 0 Å². The number of allylic oxidation sites excluding steroid dienone is 8. The van der Waals surface area contributed by atoms with Gasteiger partial charge in [0.05, 0.1) is 0 Å². The largest absolute Gasteiger partial charge is 1.00 e. The fourth-order valence-corrected chi connectivity index (χ4v) is 8.11. The molecule has 0 heterocycles. The Labute approximate surface area is 167 Å². The molecule has 0 saturated heterocycles. The minimum Gasteiger partial charge on any atom is -1.00 e. The third-order valence-electron chi connectivity index (χ3n) is 4.67. The van der Waals surface area contributed by atoms with E-state index < -0.39 is 17.4 Å². The predicted molar refractivity (Wildman–Crippen MR) is 97.0 cm³/mol. The van der Waals surface area contributed by atoms with Crippen molar-refractivity contribution >= 4 is 3.81 Å². The van der Waals surface area contributed by atoms with Crippen molar-refractivity contribution in [1.82, 2.24) is 0 Å². The van der Waals surface area contributed by atoms with Crippen LogP contribution in [0.25, 0.3) is 0 Å². The molecule has 0 fully saturated rings. The van der Waals surface area contributed by atoms with Crippen LogP contribution < -0.4 is 24.8 Å². The van der Waals surface area contributed by atoms with Crippen LogP contribution in [-0.2, 0) is 17.4 Å². The molecule has 3 heteroatoms. The molecule has 24 heavy (non-hydrogen) atoms. The van der Waals surface area contributed by atoms with Crippen molar-refractivity contribution in [2.45, 2.75) is 79.1 Å². The Bertz CT molecular complexity index is 514. The van der Waals surface area contributed by atoms with Crippen LogP contribution in [0, 0.1) is 0 Å². The van der Waals surface area contributed by atoms with Crippen LogP contribution in [0.5, 0.6) is 0 Å². The summed E-state index contributed by atoms with van der Waals surface area (Å²) >= 11 is -1.34. The minimum absolute atomic E-state index is 0. The Balaban J connectivity index is 0.00000264. The SMILES string of the molecule is CCCCC1=CC[C]([Ti+2]([C]2=CC(CCCC)=CC2)=[C](C)C)=C1.[Cl-].[Cl-]. The van der Waals surface area contributed by atoms with E-state index in [1.165, 1.54) is 51.4 Å². The minimum atomic E-state index is -1.34. The first-order valence-electron chi connectivity index (χ1n) is 9.13. The molecule has 0 aromatic heterocycles. The molecule has 0 amide bonds. The number of hydrogen-bond acceptors (Lipinski definition) is 0.